The molecule has 104 valence electrons. The lowest BCUT2D eigenvalue weighted by atomic mass is 9.88. The first-order valence-electron chi connectivity index (χ1n) is 6.55. The topological polar surface area (TPSA) is 30.7 Å². The first-order chi connectivity index (χ1) is 8.53. The van der Waals surface area contributed by atoms with Crippen molar-refractivity contribution < 1.29 is 4.39 Å². The Morgan fingerprint density at radius 3 is 2.00 bits per heavy atom. The van der Waals surface area contributed by atoms with E-state index in [4.69, 9.17) is 0 Å². The molecule has 3 nitrogen and oxygen atoms in total. The number of hydrogen-bond acceptors (Lipinski definition) is 2. The lowest BCUT2D eigenvalue weighted by molar-refractivity contribution is 0.505. The third-order valence-corrected chi connectivity index (χ3v) is 3.24. The van der Waals surface area contributed by atoms with Crippen LogP contribution < -0.4 is 0 Å². The smallest absolute Gasteiger partial charge is 0.171 e. The summed E-state index contributed by atoms with van der Waals surface area (Å²) >= 11 is 0. The van der Waals surface area contributed by atoms with Gasteiger partial charge in [-0.3, -0.25) is 9.67 Å². The van der Waals surface area contributed by atoms with Crippen molar-refractivity contribution in [2.24, 2.45) is 7.05 Å². The van der Waals surface area contributed by atoms with Crippen LogP contribution in [-0.2, 0) is 17.9 Å². The number of hydrogen-bond donors (Lipinski definition) is 0. The normalized spacial score (nSPS) is 13.3. The zero-order valence-corrected chi connectivity index (χ0v) is 12.8. The molecule has 2 heterocycles. The van der Waals surface area contributed by atoms with Gasteiger partial charge in [0.2, 0.25) is 0 Å². The Morgan fingerprint density at radius 2 is 1.53 bits per heavy atom. The van der Waals surface area contributed by atoms with Gasteiger partial charge in [0.1, 0.15) is 5.52 Å². The molecule has 2 aromatic heterocycles. The summed E-state index contributed by atoms with van der Waals surface area (Å²) < 4.78 is 16.3. The molecule has 0 amide bonds. The van der Waals surface area contributed by atoms with Gasteiger partial charge < -0.3 is 0 Å². The van der Waals surface area contributed by atoms with Gasteiger partial charge in [-0.05, 0) is 0 Å². The maximum Gasteiger partial charge on any atom is 0.171 e. The summed E-state index contributed by atoms with van der Waals surface area (Å²) in [6.45, 7) is 12.1. The van der Waals surface area contributed by atoms with Gasteiger partial charge in [0, 0.05) is 29.5 Å². The minimum atomic E-state index is -0.315. The number of aromatic nitrogens is 3. The molecule has 2 aromatic rings. The summed E-state index contributed by atoms with van der Waals surface area (Å²) in [5, 5.41) is 5.29. The van der Waals surface area contributed by atoms with E-state index in [1.54, 1.807) is 17.9 Å². The van der Waals surface area contributed by atoms with Crippen molar-refractivity contribution in [1.82, 2.24) is 14.8 Å². The van der Waals surface area contributed by atoms with Gasteiger partial charge in [0.15, 0.2) is 5.82 Å². The van der Waals surface area contributed by atoms with E-state index in [9.17, 15) is 4.39 Å². The van der Waals surface area contributed by atoms with Crippen molar-refractivity contribution in [2.45, 2.75) is 52.4 Å². The molecule has 0 atom stereocenters. The van der Waals surface area contributed by atoms with Crippen LogP contribution in [0.2, 0.25) is 0 Å². The lowest BCUT2D eigenvalue weighted by Crippen LogP contribution is -2.16. The molecule has 0 aliphatic rings. The highest BCUT2D eigenvalue weighted by molar-refractivity contribution is 5.83. The predicted octanol–water partition coefficient (Wildman–Crippen LogP) is 3.70. The molecule has 0 unspecified atom stereocenters. The molecule has 0 aromatic carbocycles. The molecule has 0 N–H and O–H groups in total. The fraction of sp³-hybridized carbons (Fsp3) is 0.600. The Balaban J connectivity index is 2.83. The molecule has 19 heavy (non-hydrogen) atoms. The van der Waals surface area contributed by atoms with Gasteiger partial charge in [-0.2, -0.15) is 5.10 Å². The van der Waals surface area contributed by atoms with Crippen molar-refractivity contribution in [1.29, 1.82) is 0 Å². The summed E-state index contributed by atoms with van der Waals surface area (Å²) in [5.41, 5.74) is 1.48. The van der Waals surface area contributed by atoms with Crippen LogP contribution in [0, 0.1) is 5.82 Å². The highest BCUT2D eigenvalue weighted by Crippen LogP contribution is 2.33. The Bertz CT molecular complexity index is 627. The first-order valence-corrected chi connectivity index (χ1v) is 6.55. The standard InChI is InChI=1S/C15H22FN3/c1-14(2,3)12-9-8-17-13(15(4,5)6)10(16)11(9)19(7)18-12/h8H,1-7H3. The van der Waals surface area contributed by atoms with Crippen molar-refractivity contribution >= 4 is 10.9 Å². The maximum absolute atomic E-state index is 14.7. The fourth-order valence-electron chi connectivity index (χ4n) is 2.30. The summed E-state index contributed by atoms with van der Waals surface area (Å²) in [6.07, 6.45) is 1.76. The second-order valence-electron chi connectivity index (χ2n) is 7.16. The van der Waals surface area contributed by atoms with Crippen LogP contribution >= 0.6 is 0 Å². The van der Waals surface area contributed by atoms with Crippen LogP contribution in [0.3, 0.4) is 0 Å². The number of aryl methyl sites for hydroxylation is 1. The van der Waals surface area contributed by atoms with Gasteiger partial charge in [0.05, 0.1) is 11.4 Å². The largest absolute Gasteiger partial charge is 0.265 e. The summed E-state index contributed by atoms with van der Waals surface area (Å²) in [4.78, 5) is 4.34. The summed E-state index contributed by atoms with van der Waals surface area (Å²) in [5.74, 6) is -0.254. The van der Waals surface area contributed by atoms with E-state index in [1.165, 1.54) is 0 Å². The Labute approximate surface area is 113 Å². The van der Waals surface area contributed by atoms with E-state index in [0.717, 1.165) is 11.1 Å². The molecular formula is C15H22FN3. The van der Waals surface area contributed by atoms with Crippen molar-refractivity contribution in [2.75, 3.05) is 0 Å². The van der Waals surface area contributed by atoms with Gasteiger partial charge in [-0.25, -0.2) is 4.39 Å². The minimum absolute atomic E-state index is 0.128. The molecule has 0 aliphatic heterocycles. The molecule has 0 saturated carbocycles. The Morgan fingerprint density at radius 1 is 1.00 bits per heavy atom. The van der Waals surface area contributed by atoms with Crippen LogP contribution in [0.15, 0.2) is 6.20 Å². The lowest BCUT2D eigenvalue weighted by Gasteiger charge is -2.19. The summed E-state index contributed by atoms with van der Waals surface area (Å²) in [6, 6.07) is 0. The highest BCUT2D eigenvalue weighted by atomic mass is 19.1. The Kier molecular flexibility index (Phi) is 2.96. The highest BCUT2D eigenvalue weighted by Gasteiger charge is 2.28. The monoisotopic (exact) mass is 263 g/mol. The molecule has 0 radical (unpaired) electrons. The average Bonchev–Trinajstić information content (AvgIpc) is 2.54. The van der Waals surface area contributed by atoms with E-state index >= 15 is 0 Å². The molecule has 0 bridgehead atoms. The fourth-order valence-corrected chi connectivity index (χ4v) is 2.30. The molecule has 0 spiro atoms. The third-order valence-electron chi connectivity index (χ3n) is 3.24. The van der Waals surface area contributed by atoms with Crippen molar-refractivity contribution in [3.63, 3.8) is 0 Å². The van der Waals surface area contributed by atoms with E-state index in [2.05, 4.69) is 30.9 Å². The number of fused-ring (bicyclic) bond motifs is 1. The third kappa shape index (κ3) is 2.24. The zero-order valence-electron chi connectivity index (χ0n) is 12.8. The van der Waals surface area contributed by atoms with Crippen LogP contribution in [0.5, 0.6) is 0 Å². The van der Waals surface area contributed by atoms with Gasteiger partial charge in [0.25, 0.3) is 0 Å². The van der Waals surface area contributed by atoms with Crippen LogP contribution in [0.4, 0.5) is 4.39 Å². The Hall–Kier alpha value is -1.45. The summed E-state index contributed by atoms with van der Waals surface area (Å²) in [7, 11) is 1.78. The molecule has 0 saturated heterocycles. The molecule has 0 fully saturated rings. The minimum Gasteiger partial charge on any atom is -0.265 e. The van der Waals surface area contributed by atoms with Gasteiger partial charge in [-0.1, -0.05) is 41.5 Å². The zero-order chi connectivity index (χ0) is 14.6. The second-order valence-corrected chi connectivity index (χ2v) is 7.16. The molecular weight excluding hydrogens is 241 g/mol. The first kappa shape index (κ1) is 14.0. The number of nitrogens with zero attached hydrogens (tertiary/aromatic N) is 3. The van der Waals surface area contributed by atoms with Crippen LogP contribution in [0.25, 0.3) is 10.9 Å². The van der Waals surface area contributed by atoms with Crippen LogP contribution in [0.1, 0.15) is 52.9 Å². The van der Waals surface area contributed by atoms with Crippen molar-refractivity contribution in [3.8, 4) is 0 Å². The maximum atomic E-state index is 14.7. The number of pyridine rings is 1. The van der Waals surface area contributed by atoms with E-state index in [1.807, 2.05) is 20.8 Å². The van der Waals surface area contributed by atoms with E-state index in [-0.39, 0.29) is 16.6 Å². The SMILES string of the molecule is Cn1nc(C(C)(C)C)c2cnc(C(C)(C)C)c(F)c21. The van der Waals surface area contributed by atoms with Crippen molar-refractivity contribution in [3.05, 3.63) is 23.4 Å². The van der Waals surface area contributed by atoms with Crippen LogP contribution in [-0.4, -0.2) is 14.8 Å². The molecule has 4 heteroatoms. The average molecular weight is 263 g/mol. The number of rotatable bonds is 0. The van der Waals surface area contributed by atoms with Gasteiger partial charge >= 0.3 is 0 Å². The number of halogens is 1. The quantitative estimate of drug-likeness (QED) is 0.725. The molecule has 0 aliphatic carbocycles. The molecule has 2 rings (SSSR count). The van der Waals surface area contributed by atoms with E-state index < -0.39 is 0 Å². The van der Waals surface area contributed by atoms with E-state index in [0.29, 0.717) is 11.2 Å². The predicted molar refractivity (Wildman–Crippen MR) is 75.9 cm³/mol. The second kappa shape index (κ2) is 4.02. The van der Waals surface area contributed by atoms with Gasteiger partial charge in [-0.15, -0.1) is 0 Å².